The summed E-state index contributed by atoms with van der Waals surface area (Å²) in [5, 5.41) is 2.09. The van der Waals surface area contributed by atoms with E-state index in [4.69, 9.17) is 5.73 Å². The van der Waals surface area contributed by atoms with Crippen LogP contribution in [0.1, 0.15) is 36.1 Å². The fourth-order valence-electron chi connectivity index (χ4n) is 3.41. The van der Waals surface area contributed by atoms with Gasteiger partial charge in [0, 0.05) is 43.9 Å². The fraction of sp³-hybridized carbons (Fsp3) is 0.647. The average molecular weight is 372 g/mol. The van der Waals surface area contributed by atoms with Crippen LogP contribution in [-0.2, 0) is 22.6 Å². The van der Waals surface area contributed by atoms with Gasteiger partial charge in [0.2, 0.25) is 11.8 Å². The van der Waals surface area contributed by atoms with Crippen LogP contribution in [0.4, 0.5) is 0 Å². The number of thiophene rings is 1. The second-order valence-corrected chi connectivity index (χ2v) is 7.49. The molecule has 0 spiro atoms. The normalized spacial score (nSPS) is 18.0. The smallest absolute Gasteiger partial charge is 0.223 e. The van der Waals surface area contributed by atoms with Crippen molar-refractivity contribution in [2.45, 2.75) is 38.6 Å². The summed E-state index contributed by atoms with van der Waals surface area (Å²) in [7, 11) is 0. The number of nitrogens with two attached hydrogens (primary N) is 1. The first-order chi connectivity index (χ1) is 11.2. The van der Waals surface area contributed by atoms with Crippen LogP contribution in [0, 0.1) is 5.92 Å². The number of fused-ring (bicyclic) bond motifs is 1. The summed E-state index contributed by atoms with van der Waals surface area (Å²) < 4.78 is 0. The highest BCUT2D eigenvalue weighted by atomic mass is 35.5. The minimum Gasteiger partial charge on any atom is -0.343 e. The zero-order valence-corrected chi connectivity index (χ0v) is 15.5. The van der Waals surface area contributed by atoms with Crippen molar-refractivity contribution in [1.82, 2.24) is 9.80 Å². The van der Waals surface area contributed by atoms with Gasteiger partial charge in [-0.1, -0.05) is 0 Å². The molecule has 3 rings (SSSR count). The van der Waals surface area contributed by atoms with Gasteiger partial charge in [0.1, 0.15) is 0 Å². The van der Waals surface area contributed by atoms with E-state index in [1.807, 2.05) is 9.80 Å². The molecule has 0 atom stereocenters. The molecule has 24 heavy (non-hydrogen) atoms. The third kappa shape index (κ3) is 4.49. The Morgan fingerprint density at radius 1 is 1.12 bits per heavy atom. The number of hydrogen-bond donors (Lipinski definition) is 1. The quantitative estimate of drug-likeness (QED) is 0.880. The third-order valence-corrected chi connectivity index (χ3v) is 6.04. The van der Waals surface area contributed by atoms with E-state index in [0.717, 1.165) is 38.9 Å². The molecule has 1 aromatic rings. The summed E-state index contributed by atoms with van der Waals surface area (Å²) in [6.07, 6.45) is 3.58. The van der Waals surface area contributed by atoms with Crippen LogP contribution in [0.3, 0.4) is 0 Å². The largest absolute Gasteiger partial charge is 0.343 e. The van der Waals surface area contributed by atoms with Gasteiger partial charge >= 0.3 is 0 Å². The number of hydrogen-bond acceptors (Lipinski definition) is 4. The highest BCUT2D eigenvalue weighted by Crippen LogP contribution is 2.24. The van der Waals surface area contributed by atoms with E-state index in [2.05, 4.69) is 11.4 Å². The molecule has 0 aliphatic carbocycles. The second-order valence-electron chi connectivity index (χ2n) is 6.49. The van der Waals surface area contributed by atoms with Crippen molar-refractivity contribution < 1.29 is 9.59 Å². The molecule has 0 unspecified atom stereocenters. The first-order valence-electron chi connectivity index (χ1n) is 8.48. The summed E-state index contributed by atoms with van der Waals surface area (Å²) in [5.74, 6) is 0.767. The van der Waals surface area contributed by atoms with E-state index in [1.54, 1.807) is 11.3 Å². The van der Waals surface area contributed by atoms with Gasteiger partial charge in [-0.25, -0.2) is 0 Å². The lowest BCUT2D eigenvalue weighted by molar-refractivity contribution is -0.138. The Kier molecular flexibility index (Phi) is 7.07. The number of amides is 2. The summed E-state index contributed by atoms with van der Waals surface area (Å²) in [6.45, 7) is 3.77. The topological polar surface area (TPSA) is 66.6 Å². The van der Waals surface area contributed by atoms with Crippen LogP contribution in [0.25, 0.3) is 0 Å². The Hall–Kier alpha value is -1.11. The van der Waals surface area contributed by atoms with Gasteiger partial charge in [-0.2, -0.15) is 0 Å². The molecular weight excluding hydrogens is 346 g/mol. The first-order valence-corrected chi connectivity index (χ1v) is 9.36. The number of carbonyl (C=O) groups is 2. The molecule has 2 amide bonds. The van der Waals surface area contributed by atoms with E-state index in [9.17, 15) is 9.59 Å². The van der Waals surface area contributed by atoms with Crippen LogP contribution in [-0.4, -0.2) is 47.8 Å². The van der Waals surface area contributed by atoms with E-state index in [0.29, 0.717) is 31.8 Å². The molecule has 0 radical (unpaired) electrons. The Morgan fingerprint density at radius 3 is 2.46 bits per heavy atom. The lowest BCUT2D eigenvalue weighted by atomic mass is 9.97. The van der Waals surface area contributed by atoms with Crippen molar-refractivity contribution in [1.29, 1.82) is 0 Å². The lowest BCUT2D eigenvalue weighted by Gasteiger charge is -2.32. The third-order valence-electron chi connectivity index (χ3n) is 5.01. The Labute approximate surface area is 153 Å². The van der Waals surface area contributed by atoms with Crippen molar-refractivity contribution in [3.8, 4) is 0 Å². The van der Waals surface area contributed by atoms with Crippen molar-refractivity contribution in [3.05, 3.63) is 21.9 Å². The highest BCUT2D eigenvalue weighted by molar-refractivity contribution is 7.10. The van der Waals surface area contributed by atoms with Gasteiger partial charge in [-0.15, -0.1) is 23.7 Å². The van der Waals surface area contributed by atoms with E-state index in [1.165, 1.54) is 10.4 Å². The van der Waals surface area contributed by atoms with Gasteiger partial charge in [-0.3, -0.25) is 9.59 Å². The van der Waals surface area contributed by atoms with Crippen LogP contribution >= 0.6 is 23.7 Å². The standard InChI is InChI=1S/C17H25N3O2S.ClH/c18-11-13-3-7-19(8-4-13)16(21)1-2-17(22)20-9-5-15-14(12-20)6-10-23-15;/h6,10,13H,1-5,7-9,11-12,18H2;1H. The Morgan fingerprint density at radius 2 is 1.79 bits per heavy atom. The second kappa shape index (κ2) is 8.83. The minimum atomic E-state index is 0. The molecular formula is C17H26ClN3O2S. The van der Waals surface area contributed by atoms with Crippen molar-refractivity contribution in [2.24, 2.45) is 11.7 Å². The number of halogens is 1. The number of rotatable bonds is 4. The summed E-state index contributed by atoms with van der Waals surface area (Å²) in [4.78, 5) is 29.8. The number of likely N-dealkylation sites (tertiary alicyclic amines) is 1. The summed E-state index contributed by atoms with van der Waals surface area (Å²) in [5.41, 5.74) is 6.95. The first kappa shape index (κ1) is 19.2. The van der Waals surface area contributed by atoms with Gasteiger partial charge < -0.3 is 15.5 Å². The molecule has 1 saturated heterocycles. The SMILES string of the molecule is Cl.NCC1CCN(C(=O)CCC(=O)N2CCc3sccc3C2)CC1. The van der Waals surface area contributed by atoms with Gasteiger partial charge in [0.15, 0.2) is 0 Å². The lowest BCUT2D eigenvalue weighted by Crippen LogP contribution is -2.41. The van der Waals surface area contributed by atoms with Crippen molar-refractivity contribution >= 4 is 35.6 Å². The van der Waals surface area contributed by atoms with E-state index >= 15 is 0 Å². The predicted molar refractivity (Wildman–Crippen MR) is 98.3 cm³/mol. The molecule has 1 aromatic heterocycles. The maximum absolute atomic E-state index is 12.4. The molecule has 2 aliphatic rings. The molecule has 0 bridgehead atoms. The molecule has 7 heteroatoms. The van der Waals surface area contributed by atoms with Crippen molar-refractivity contribution in [3.63, 3.8) is 0 Å². The number of carbonyl (C=O) groups excluding carboxylic acids is 2. The van der Waals surface area contributed by atoms with E-state index < -0.39 is 0 Å². The van der Waals surface area contributed by atoms with Crippen LogP contribution < -0.4 is 5.73 Å². The van der Waals surface area contributed by atoms with Gasteiger partial charge in [0.05, 0.1) is 0 Å². The van der Waals surface area contributed by atoms with Crippen LogP contribution in [0.2, 0.25) is 0 Å². The maximum Gasteiger partial charge on any atom is 0.223 e. The highest BCUT2D eigenvalue weighted by Gasteiger charge is 2.25. The maximum atomic E-state index is 12.4. The molecule has 134 valence electrons. The average Bonchev–Trinajstić information content (AvgIpc) is 3.07. The van der Waals surface area contributed by atoms with Gasteiger partial charge in [-0.05, 0) is 48.7 Å². The summed E-state index contributed by atoms with van der Waals surface area (Å²) in [6, 6.07) is 2.10. The molecule has 0 saturated carbocycles. The fourth-order valence-corrected chi connectivity index (χ4v) is 4.30. The van der Waals surface area contributed by atoms with Crippen LogP contribution in [0.5, 0.6) is 0 Å². The molecule has 0 aromatic carbocycles. The Bertz CT molecular complexity index is 570. The molecule has 2 aliphatic heterocycles. The minimum absolute atomic E-state index is 0. The zero-order chi connectivity index (χ0) is 16.2. The number of nitrogens with zero attached hydrogens (tertiary/aromatic N) is 2. The zero-order valence-electron chi connectivity index (χ0n) is 13.9. The summed E-state index contributed by atoms with van der Waals surface area (Å²) >= 11 is 1.77. The van der Waals surface area contributed by atoms with Crippen LogP contribution in [0.15, 0.2) is 11.4 Å². The number of piperidine rings is 1. The van der Waals surface area contributed by atoms with Crippen molar-refractivity contribution in [2.75, 3.05) is 26.2 Å². The molecule has 3 heterocycles. The monoisotopic (exact) mass is 371 g/mol. The van der Waals surface area contributed by atoms with E-state index in [-0.39, 0.29) is 24.2 Å². The Balaban J connectivity index is 0.00000208. The van der Waals surface area contributed by atoms with Gasteiger partial charge in [0.25, 0.3) is 0 Å². The molecule has 2 N–H and O–H groups in total. The predicted octanol–water partition coefficient (Wildman–Crippen LogP) is 2.03. The molecule has 1 fully saturated rings. The molecule has 5 nitrogen and oxygen atoms in total.